The average Bonchev–Trinajstić information content (AvgIpc) is 2.40. The molecular weight excluding hydrogens is 288 g/mol. The van der Waals surface area contributed by atoms with Crippen molar-refractivity contribution in [2.75, 3.05) is 11.9 Å². The van der Waals surface area contributed by atoms with Crippen molar-refractivity contribution in [3.63, 3.8) is 0 Å². The second kappa shape index (κ2) is 6.73. The molecule has 0 radical (unpaired) electrons. The Hall–Kier alpha value is -1.58. The summed E-state index contributed by atoms with van der Waals surface area (Å²) in [6, 6.07) is 14.1. The van der Waals surface area contributed by atoms with Crippen molar-refractivity contribution in [3.8, 4) is 0 Å². The molecule has 4 heteroatoms. The summed E-state index contributed by atoms with van der Waals surface area (Å²) in [5.74, 6) is 0. The number of halogens is 1. The fraction of sp³-hybridized carbons (Fsp3) is 0.188. The zero-order chi connectivity index (χ0) is 14.5. The van der Waals surface area contributed by atoms with Gasteiger partial charge in [-0.15, -0.1) is 0 Å². The maximum atomic E-state index is 6.20. The fourth-order valence-corrected chi connectivity index (χ4v) is 2.40. The van der Waals surface area contributed by atoms with Crippen molar-refractivity contribution in [2.45, 2.75) is 13.3 Å². The van der Waals surface area contributed by atoms with E-state index in [0.717, 1.165) is 24.2 Å². The lowest BCUT2D eigenvalue weighted by Gasteiger charge is -2.10. The fourth-order valence-electron chi connectivity index (χ4n) is 2.02. The van der Waals surface area contributed by atoms with Gasteiger partial charge in [0.25, 0.3) is 0 Å². The van der Waals surface area contributed by atoms with E-state index in [9.17, 15) is 0 Å². The summed E-state index contributed by atoms with van der Waals surface area (Å²) in [6.45, 7) is 2.93. The summed E-state index contributed by atoms with van der Waals surface area (Å²) in [4.78, 5) is 0.359. The van der Waals surface area contributed by atoms with E-state index in [4.69, 9.17) is 29.6 Å². The molecule has 0 aliphatic carbocycles. The molecule has 0 unspecified atom stereocenters. The summed E-state index contributed by atoms with van der Waals surface area (Å²) >= 11 is 11.1. The molecule has 0 heterocycles. The van der Waals surface area contributed by atoms with Gasteiger partial charge in [-0.3, -0.25) is 0 Å². The Morgan fingerprint density at radius 1 is 1.25 bits per heavy atom. The lowest BCUT2D eigenvalue weighted by molar-refractivity contribution is 1.02. The van der Waals surface area contributed by atoms with Crippen LogP contribution in [0.2, 0.25) is 5.02 Å². The molecule has 0 atom stereocenters. The Balaban J connectivity index is 1.96. The minimum absolute atomic E-state index is 0.359. The van der Waals surface area contributed by atoms with Gasteiger partial charge >= 0.3 is 0 Å². The molecule has 2 aromatic carbocycles. The van der Waals surface area contributed by atoms with Crippen LogP contribution in [-0.2, 0) is 6.42 Å². The van der Waals surface area contributed by atoms with Crippen molar-refractivity contribution in [2.24, 2.45) is 5.73 Å². The highest BCUT2D eigenvalue weighted by Crippen LogP contribution is 2.23. The highest BCUT2D eigenvalue weighted by atomic mass is 35.5. The maximum absolute atomic E-state index is 6.20. The molecule has 0 amide bonds. The topological polar surface area (TPSA) is 38.0 Å². The van der Waals surface area contributed by atoms with Crippen LogP contribution in [0, 0.1) is 6.92 Å². The van der Waals surface area contributed by atoms with Crippen LogP contribution in [0.5, 0.6) is 0 Å². The van der Waals surface area contributed by atoms with Gasteiger partial charge in [0.05, 0.1) is 10.7 Å². The third-order valence-corrected chi connectivity index (χ3v) is 3.61. The summed E-state index contributed by atoms with van der Waals surface area (Å²) in [7, 11) is 0. The van der Waals surface area contributed by atoms with Crippen LogP contribution in [0.15, 0.2) is 42.5 Å². The lowest BCUT2D eigenvalue weighted by atomic mass is 10.1. The lowest BCUT2D eigenvalue weighted by Crippen LogP contribution is -2.10. The first-order chi connectivity index (χ1) is 9.56. The smallest absolute Gasteiger partial charge is 0.104 e. The number of thiocarbonyl (C=S) groups is 1. The molecule has 0 bridgehead atoms. The molecular formula is C16H17ClN2S. The van der Waals surface area contributed by atoms with Gasteiger partial charge < -0.3 is 11.1 Å². The number of rotatable bonds is 5. The normalized spacial score (nSPS) is 10.3. The molecule has 0 saturated heterocycles. The van der Waals surface area contributed by atoms with Crippen molar-refractivity contribution >= 4 is 34.5 Å². The van der Waals surface area contributed by atoms with Crippen molar-refractivity contribution in [3.05, 3.63) is 64.2 Å². The Morgan fingerprint density at radius 2 is 2.05 bits per heavy atom. The zero-order valence-electron chi connectivity index (χ0n) is 11.3. The first-order valence-corrected chi connectivity index (χ1v) is 7.23. The number of anilines is 1. The molecule has 0 aliphatic heterocycles. The minimum Gasteiger partial charge on any atom is -0.389 e. The van der Waals surface area contributed by atoms with Gasteiger partial charge in [0.1, 0.15) is 4.99 Å². The standard InChI is InChI=1S/C16H17ClN2S/c1-11-3-2-4-12(9-11)7-8-19-15-6-5-13(16(18)20)10-14(15)17/h2-6,9-10,19H,7-8H2,1H3,(H2,18,20). The number of nitrogens with one attached hydrogen (secondary N) is 1. The number of hydrogen-bond acceptors (Lipinski definition) is 2. The Bertz CT molecular complexity index is 626. The molecule has 104 valence electrons. The summed E-state index contributed by atoms with van der Waals surface area (Å²) < 4.78 is 0. The highest BCUT2D eigenvalue weighted by molar-refractivity contribution is 7.80. The van der Waals surface area contributed by atoms with Crippen molar-refractivity contribution < 1.29 is 0 Å². The second-order valence-electron chi connectivity index (χ2n) is 4.72. The molecule has 0 fully saturated rings. The molecule has 20 heavy (non-hydrogen) atoms. The summed E-state index contributed by atoms with van der Waals surface area (Å²) in [5.41, 5.74) is 9.86. The van der Waals surface area contributed by atoms with Crippen LogP contribution in [0.3, 0.4) is 0 Å². The molecule has 0 saturated carbocycles. The Kier molecular flexibility index (Phi) is 4.99. The molecule has 2 aromatic rings. The third-order valence-electron chi connectivity index (χ3n) is 3.07. The third kappa shape index (κ3) is 3.95. The highest BCUT2D eigenvalue weighted by Gasteiger charge is 2.03. The molecule has 0 aliphatic rings. The number of benzene rings is 2. The first kappa shape index (κ1) is 14.8. The molecule has 2 rings (SSSR count). The van der Waals surface area contributed by atoms with Crippen molar-refractivity contribution in [1.29, 1.82) is 0 Å². The van der Waals surface area contributed by atoms with Crippen LogP contribution in [0.25, 0.3) is 0 Å². The van der Waals surface area contributed by atoms with E-state index in [-0.39, 0.29) is 0 Å². The van der Waals surface area contributed by atoms with E-state index in [1.165, 1.54) is 11.1 Å². The SMILES string of the molecule is Cc1cccc(CCNc2ccc(C(N)=S)cc2Cl)c1. The number of nitrogens with two attached hydrogens (primary N) is 1. The quantitative estimate of drug-likeness (QED) is 0.822. The van der Waals surface area contributed by atoms with Gasteiger partial charge in [-0.1, -0.05) is 53.6 Å². The van der Waals surface area contributed by atoms with Crippen LogP contribution >= 0.6 is 23.8 Å². The van der Waals surface area contributed by atoms with E-state index in [2.05, 4.69) is 36.5 Å². The predicted octanol–water partition coefficient (Wildman–Crippen LogP) is 3.94. The number of aryl methyl sites for hydroxylation is 1. The van der Waals surface area contributed by atoms with Gasteiger partial charge in [0, 0.05) is 12.1 Å². The van der Waals surface area contributed by atoms with E-state index < -0.39 is 0 Å². The van der Waals surface area contributed by atoms with Gasteiger partial charge in [-0.2, -0.15) is 0 Å². The minimum atomic E-state index is 0.359. The van der Waals surface area contributed by atoms with E-state index in [1.807, 2.05) is 12.1 Å². The molecule has 3 N–H and O–H groups in total. The maximum Gasteiger partial charge on any atom is 0.104 e. The predicted molar refractivity (Wildman–Crippen MR) is 90.7 cm³/mol. The average molecular weight is 305 g/mol. The monoisotopic (exact) mass is 304 g/mol. The van der Waals surface area contributed by atoms with Crippen LogP contribution in [-0.4, -0.2) is 11.5 Å². The van der Waals surface area contributed by atoms with Gasteiger partial charge in [0.15, 0.2) is 0 Å². The summed E-state index contributed by atoms with van der Waals surface area (Å²) in [5, 5.41) is 3.97. The first-order valence-electron chi connectivity index (χ1n) is 6.45. The van der Waals surface area contributed by atoms with E-state index in [1.54, 1.807) is 6.07 Å². The van der Waals surface area contributed by atoms with E-state index in [0.29, 0.717) is 10.0 Å². The van der Waals surface area contributed by atoms with Gasteiger partial charge in [-0.25, -0.2) is 0 Å². The van der Waals surface area contributed by atoms with Crippen LogP contribution in [0.1, 0.15) is 16.7 Å². The Labute approximate surface area is 130 Å². The van der Waals surface area contributed by atoms with Crippen LogP contribution < -0.4 is 11.1 Å². The van der Waals surface area contributed by atoms with E-state index >= 15 is 0 Å². The second-order valence-corrected chi connectivity index (χ2v) is 5.57. The molecule has 0 aromatic heterocycles. The Morgan fingerprint density at radius 3 is 2.70 bits per heavy atom. The van der Waals surface area contributed by atoms with Crippen LogP contribution in [0.4, 0.5) is 5.69 Å². The van der Waals surface area contributed by atoms with Gasteiger partial charge in [-0.05, 0) is 37.1 Å². The van der Waals surface area contributed by atoms with Gasteiger partial charge in [0.2, 0.25) is 0 Å². The number of hydrogen-bond donors (Lipinski definition) is 2. The molecule has 0 spiro atoms. The molecule has 2 nitrogen and oxygen atoms in total. The zero-order valence-corrected chi connectivity index (χ0v) is 12.9. The largest absolute Gasteiger partial charge is 0.389 e. The van der Waals surface area contributed by atoms with Crippen molar-refractivity contribution in [1.82, 2.24) is 0 Å². The summed E-state index contributed by atoms with van der Waals surface area (Å²) in [6.07, 6.45) is 0.953.